The fourth-order valence-electron chi connectivity index (χ4n) is 2.52. The van der Waals surface area contributed by atoms with Gasteiger partial charge in [-0.15, -0.1) is 0 Å². The van der Waals surface area contributed by atoms with Crippen LogP contribution in [0.15, 0.2) is 0 Å². The maximum absolute atomic E-state index is 12.1. The van der Waals surface area contributed by atoms with Crippen LogP contribution in [-0.2, 0) is 4.74 Å². The Morgan fingerprint density at radius 3 is 2.75 bits per heavy atom. The molecule has 0 aromatic carbocycles. The van der Waals surface area contributed by atoms with Gasteiger partial charge in [-0.05, 0) is 46.5 Å². The molecule has 1 amide bonds. The molecule has 2 N–H and O–H groups in total. The molecule has 1 heterocycles. The van der Waals surface area contributed by atoms with E-state index in [0.717, 1.165) is 38.8 Å². The number of aliphatic hydroxyl groups excluding tert-OH is 1. The summed E-state index contributed by atoms with van der Waals surface area (Å²) in [6.45, 7) is 9.53. The number of hydrogen-bond donors (Lipinski definition) is 2. The highest BCUT2D eigenvalue weighted by molar-refractivity contribution is 5.69. The van der Waals surface area contributed by atoms with Gasteiger partial charge in [-0.25, -0.2) is 4.79 Å². The van der Waals surface area contributed by atoms with Gasteiger partial charge in [0.05, 0.1) is 0 Å². The van der Waals surface area contributed by atoms with Crippen molar-refractivity contribution >= 4 is 6.09 Å². The van der Waals surface area contributed by atoms with E-state index in [1.807, 2.05) is 25.7 Å². The maximum Gasteiger partial charge on any atom is 0.410 e. The molecule has 1 aliphatic rings. The van der Waals surface area contributed by atoms with E-state index in [2.05, 4.69) is 12.2 Å². The minimum atomic E-state index is -0.444. The van der Waals surface area contributed by atoms with E-state index in [-0.39, 0.29) is 18.7 Å². The van der Waals surface area contributed by atoms with Crippen molar-refractivity contribution in [3.05, 3.63) is 0 Å². The lowest BCUT2D eigenvalue weighted by molar-refractivity contribution is 0.0224. The van der Waals surface area contributed by atoms with Crippen molar-refractivity contribution in [2.24, 2.45) is 0 Å². The molecule has 2 unspecified atom stereocenters. The molecule has 0 aromatic heterocycles. The summed E-state index contributed by atoms with van der Waals surface area (Å²) in [6, 6.07) is 0.527. The first-order valence-corrected chi connectivity index (χ1v) is 7.71. The summed E-state index contributed by atoms with van der Waals surface area (Å²) in [7, 11) is 0. The molecule has 0 bridgehead atoms. The summed E-state index contributed by atoms with van der Waals surface area (Å²) in [5.74, 6) is 0. The monoisotopic (exact) mass is 286 g/mol. The summed E-state index contributed by atoms with van der Waals surface area (Å²) in [5, 5.41) is 12.5. The summed E-state index contributed by atoms with van der Waals surface area (Å²) in [4.78, 5) is 14.0. The first kappa shape index (κ1) is 17.2. The van der Waals surface area contributed by atoms with Crippen molar-refractivity contribution in [3.63, 3.8) is 0 Å². The van der Waals surface area contributed by atoms with Crippen LogP contribution in [0.25, 0.3) is 0 Å². The first-order chi connectivity index (χ1) is 9.37. The van der Waals surface area contributed by atoms with Crippen LogP contribution in [0, 0.1) is 0 Å². The zero-order valence-electron chi connectivity index (χ0n) is 13.3. The predicted octanol–water partition coefficient (Wildman–Crippen LogP) is 2.14. The highest BCUT2D eigenvalue weighted by atomic mass is 16.6. The normalized spacial score (nSPS) is 21.1. The number of carbonyl (C=O) groups is 1. The Morgan fingerprint density at radius 1 is 1.50 bits per heavy atom. The molecule has 0 spiro atoms. The van der Waals surface area contributed by atoms with Crippen LogP contribution in [-0.4, -0.2) is 53.5 Å². The van der Waals surface area contributed by atoms with Gasteiger partial charge in [-0.2, -0.15) is 0 Å². The molecule has 0 radical (unpaired) electrons. The number of nitrogens with zero attached hydrogens (tertiary/aromatic N) is 1. The van der Waals surface area contributed by atoms with Gasteiger partial charge in [-0.3, -0.25) is 0 Å². The van der Waals surface area contributed by atoms with Gasteiger partial charge in [0.1, 0.15) is 5.60 Å². The molecule has 1 fully saturated rings. The third-order valence-electron chi connectivity index (χ3n) is 3.62. The Hall–Kier alpha value is -0.810. The lowest BCUT2D eigenvalue weighted by Crippen LogP contribution is -2.46. The second-order valence-corrected chi connectivity index (χ2v) is 6.50. The molecule has 2 atom stereocenters. The van der Waals surface area contributed by atoms with Gasteiger partial charge in [0, 0.05) is 31.8 Å². The van der Waals surface area contributed by atoms with Crippen LogP contribution < -0.4 is 5.32 Å². The van der Waals surface area contributed by atoms with E-state index in [0.29, 0.717) is 6.04 Å². The van der Waals surface area contributed by atoms with Gasteiger partial charge >= 0.3 is 6.09 Å². The van der Waals surface area contributed by atoms with E-state index in [9.17, 15) is 4.79 Å². The molecular formula is C15H30N2O3. The summed E-state index contributed by atoms with van der Waals surface area (Å²) in [6.07, 6.45) is 3.58. The minimum absolute atomic E-state index is 0.200. The third kappa shape index (κ3) is 5.67. The van der Waals surface area contributed by atoms with Crippen molar-refractivity contribution in [1.82, 2.24) is 10.2 Å². The summed E-state index contributed by atoms with van der Waals surface area (Å²) < 4.78 is 5.45. The zero-order valence-corrected chi connectivity index (χ0v) is 13.3. The van der Waals surface area contributed by atoms with Gasteiger partial charge < -0.3 is 20.1 Å². The molecule has 1 aliphatic heterocycles. The zero-order chi connectivity index (χ0) is 15.2. The lowest BCUT2D eigenvalue weighted by atomic mass is 10.1. The van der Waals surface area contributed by atoms with Gasteiger partial charge in [0.25, 0.3) is 0 Å². The molecule has 20 heavy (non-hydrogen) atoms. The number of rotatable bonds is 6. The SMILES string of the molecule is CCC(CCO)NCC1CCCN1C(=O)OC(C)(C)C. The van der Waals surface area contributed by atoms with E-state index >= 15 is 0 Å². The molecule has 118 valence electrons. The topological polar surface area (TPSA) is 61.8 Å². The van der Waals surface area contributed by atoms with E-state index in [1.165, 1.54) is 0 Å². The molecule has 5 heteroatoms. The second kappa shape index (κ2) is 7.84. The number of carbonyl (C=O) groups excluding carboxylic acids is 1. The first-order valence-electron chi connectivity index (χ1n) is 7.71. The largest absolute Gasteiger partial charge is 0.444 e. The summed E-state index contributed by atoms with van der Waals surface area (Å²) in [5.41, 5.74) is -0.444. The average Bonchev–Trinajstić information content (AvgIpc) is 2.80. The van der Waals surface area contributed by atoms with Crippen LogP contribution >= 0.6 is 0 Å². The Balaban J connectivity index is 2.46. The van der Waals surface area contributed by atoms with E-state index in [4.69, 9.17) is 9.84 Å². The maximum atomic E-state index is 12.1. The molecule has 0 saturated carbocycles. The fraction of sp³-hybridized carbons (Fsp3) is 0.933. The lowest BCUT2D eigenvalue weighted by Gasteiger charge is -2.29. The number of ether oxygens (including phenoxy) is 1. The van der Waals surface area contributed by atoms with Crippen molar-refractivity contribution < 1.29 is 14.6 Å². The number of likely N-dealkylation sites (tertiary alicyclic amines) is 1. The smallest absolute Gasteiger partial charge is 0.410 e. The Labute approximate surface area is 122 Å². The van der Waals surface area contributed by atoms with Crippen LogP contribution in [0.1, 0.15) is 53.4 Å². The van der Waals surface area contributed by atoms with Crippen molar-refractivity contribution in [1.29, 1.82) is 0 Å². The number of amides is 1. The van der Waals surface area contributed by atoms with Crippen molar-refractivity contribution in [3.8, 4) is 0 Å². The van der Waals surface area contributed by atoms with Crippen LogP contribution in [0.3, 0.4) is 0 Å². The Kier molecular flexibility index (Phi) is 6.76. The average molecular weight is 286 g/mol. The minimum Gasteiger partial charge on any atom is -0.444 e. The molecule has 0 aliphatic carbocycles. The molecule has 1 saturated heterocycles. The molecular weight excluding hydrogens is 256 g/mol. The Morgan fingerprint density at radius 2 is 2.20 bits per heavy atom. The van der Waals surface area contributed by atoms with Gasteiger partial charge in [0.2, 0.25) is 0 Å². The van der Waals surface area contributed by atoms with Crippen LogP contribution in [0.4, 0.5) is 4.79 Å². The van der Waals surface area contributed by atoms with Crippen molar-refractivity contribution in [2.75, 3.05) is 19.7 Å². The molecule has 0 aromatic rings. The van der Waals surface area contributed by atoms with Crippen LogP contribution in [0.5, 0.6) is 0 Å². The summed E-state index contributed by atoms with van der Waals surface area (Å²) >= 11 is 0. The highest BCUT2D eigenvalue weighted by Gasteiger charge is 2.32. The molecule has 1 rings (SSSR count). The third-order valence-corrected chi connectivity index (χ3v) is 3.62. The number of aliphatic hydroxyl groups is 1. The van der Waals surface area contributed by atoms with Crippen LogP contribution in [0.2, 0.25) is 0 Å². The Bertz CT molecular complexity index is 302. The number of hydrogen-bond acceptors (Lipinski definition) is 4. The van der Waals surface area contributed by atoms with E-state index in [1.54, 1.807) is 0 Å². The van der Waals surface area contributed by atoms with Gasteiger partial charge in [-0.1, -0.05) is 6.92 Å². The second-order valence-electron chi connectivity index (χ2n) is 6.50. The fourth-order valence-corrected chi connectivity index (χ4v) is 2.52. The molecule has 5 nitrogen and oxygen atoms in total. The van der Waals surface area contributed by atoms with Crippen molar-refractivity contribution in [2.45, 2.75) is 71.1 Å². The standard InChI is InChI=1S/C15H30N2O3/c1-5-12(8-10-18)16-11-13-7-6-9-17(13)14(19)20-15(2,3)4/h12-13,16,18H,5-11H2,1-4H3. The number of nitrogens with one attached hydrogen (secondary N) is 1. The predicted molar refractivity (Wildman–Crippen MR) is 79.7 cm³/mol. The van der Waals surface area contributed by atoms with Gasteiger partial charge in [0.15, 0.2) is 0 Å². The van der Waals surface area contributed by atoms with E-state index < -0.39 is 5.60 Å². The highest BCUT2D eigenvalue weighted by Crippen LogP contribution is 2.20. The quantitative estimate of drug-likeness (QED) is 0.785.